The van der Waals surface area contributed by atoms with Crippen LogP contribution in [-0.4, -0.2) is 16.7 Å². The van der Waals surface area contributed by atoms with Gasteiger partial charge in [0.2, 0.25) is 0 Å². The number of hydrogen-bond donors (Lipinski definition) is 0. The first kappa shape index (κ1) is 9.25. The van der Waals surface area contributed by atoms with Crippen LogP contribution in [0.1, 0.15) is 0 Å². The van der Waals surface area contributed by atoms with E-state index in [1.165, 1.54) is 0 Å². The molecule has 0 fully saturated rings. The van der Waals surface area contributed by atoms with Crippen LogP contribution in [0.5, 0.6) is 0 Å². The van der Waals surface area contributed by atoms with E-state index in [2.05, 4.69) is 0 Å². The summed E-state index contributed by atoms with van der Waals surface area (Å²) < 4.78 is 9.56. The van der Waals surface area contributed by atoms with Gasteiger partial charge in [-0.25, -0.2) is 0 Å². The zero-order chi connectivity index (χ0) is 3.58. The third-order valence-corrected chi connectivity index (χ3v) is 0. The van der Waals surface area contributed by atoms with Gasteiger partial charge in [0.15, 0.2) is 0 Å². The first-order valence-corrected chi connectivity index (χ1v) is 2.95. The Hall–Kier alpha value is 0.799. The fraction of sp³-hybridized carbons (Fsp3) is 1.00. The molecular formula is C2H6IrOS. The summed E-state index contributed by atoms with van der Waals surface area (Å²) in [5.74, 6) is 0. The van der Waals surface area contributed by atoms with Crippen LogP contribution >= 0.6 is 0 Å². The van der Waals surface area contributed by atoms with E-state index < -0.39 is 10.8 Å². The second-order valence-corrected chi connectivity index (χ2v) is 2.22. The monoisotopic (exact) mass is 271 g/mol. The third-order valence-electron chi connectivity index (χ3n) is 0. The molecule has 3 heteroatoms. The van der Waals surface area contributed by atoms with Crippen molar-refractivity contribution in [3.8, 4) is 0 Å². The van der Waals surface area contributed by atoms with Crippen LogP contribution in [0.25, 0.3) is 0 Å². The standard InChI is InChI=1S/C2H6OS.Ir/c1-4(2)3;/h1-2H3;. The molecule has 0 aliphatic heterocycles. The molecule has 0 saturated heterocycles. The molecule has 1 radical (unpaired) electrons. The average Bonchev–Trinajstić information content (AvgIpc) is 0.811. The smallest absolute Gasteiger partial charge is 0.0148 e. The minimum absolute atomic E-state index is 0. The van der Waals surface area contributed by atoms with E-state index in [4.69, 9.17) is 0 Å². The van der Waals surface area contributed by atoms with Gasteiger partial charge >= 0.3 is 0 Å². The Morgan fingerprint density at radius 1 is 1.40 bits per heavy atom. The minimum Gasteiger partial charge on any atom is -0.260 e. The van der Waals surface area contributed by atoms with Crippen molar-refractivity contribution in [1.29, 1.82) is 0 Å². The van der Waals surface area contributed by atoms with Crippen LogP contribution < -0.4 is 0 Å². The van der Waals surface area contributed by atoms with Crippen LogP contribution in [0.2, 0.25) is 0 Å². The Balaban J connectivity index is 0. The molecule has 0 amide bonds. The van der Waals surface area contributed by atoms with Crippen molar-refractivity contribution in [2.75, 3.05) is 12.5 Å². The van der Waals surface area contributed by atoms with Gasteiger partial charge in [-0.15, -0.1) is 0 Å². The minimum atomic E-state index is -0.611. The van der Waals surface area contributed by atoms with Crippen molar-refractivity contribution in [2.24, 2.45) is 0 Å². The zero-order valence-corrected chi connectivity index (χ0v) is 6.36. The van der Waals surface area contributed by atoms with E-state index in [1.807, 2.05) is 0 Å². The van der Waals surface area contributed by atoms with E-state index in [0.717, 1.165) is 0 Å². The molecule has 0 aliphatic rings. The summed E-state index contributed by atoms with van der Waals surface area (Å²) in [7, 11) is -0.611. The average molecular weight is 270 g/mol. The molecule has 0 bridgehead atoms. The Morgan fingerprint density at radius 3 is 1.40 bits per heavy atom. The predicted octanol–water partition coefficient (Wildman–Crippen LogP) is -0.00780. The van der Waals surface area contributed by atoms with Gasteiger partial charge in [-0.3, -0.25) is 4.21 Å². The molecule has 0 atom stereocenters. The Morgan fingerprint density at radius 2 is 1.40 bits per heavy atom. The second kappa shape index (κ2) is 4.80. The summed E-state index contributed by atoms with van der Waals surface area (Å²) in [4.78, 5) is 0. The predicted molar refractivity (Wildman–Crippen MR) is 20.0 cm³/mol. The van der Waals surface area contributed by atoms with Crippen molar-refractivity contribution >= 4 is 10.8 Å². The first-order valence-electron chi connectivity index (χ1n) is 0.983. The van der Waals surface area contributed by atoms with Crippen molar-refractivity contribution in [3.63, 3.8) is 0 Å². The van der Waals surface area contributed by atoms with E-state index in [1.54, 1.807) is 12.5 Å². The third kappa shape index (κ3) is 58.9. The van der Waals surface area contributed by atoms with Crippen molar-refractivity contribution in [1.82, 2.24) is 0 Å². The molecule has 0 spiro atoms. The van der Waals surface area contributed by atoms with Gasteiger partial charge in [0.05, 0.1) is 0 Å². The largest absolute Gasteiger partial charge is 0.260 e. The molecular weight excluding hydrogens is 264 g/mol. The normalized spacial score (nSPS) is 7.00. The Kier molecular flexibility index (Phi) is 8.88. The summed E-state index contributed by atoms with van der Waals surface area (Å²) in [6.45, 7) is 0. The molecule has 0 aliphatic carbocycles. The number of hydrogen-bond acceptors (Lipinski definition) is 1. The molecule has 0 N–H and O–H groups in total. The van der Waals surface area contributed by atoms with Crippen molar-refractivity contribution in [3.05, 3.63) is 0 Å². The van der Waals surface area contributed by atoms with E-state index in [0.29, 0.717) is 0 Å². The molecule has 1 nitrogen and oxygen atoms in total. The van der Waals surface area contributed by atoms with Gasteiger partial charge in [0, 0.05) is 43.4 Å². The quantitative estimate of drug-likeness (QED) is 0.605. The van der Waals surface area contributed by atoms with Gasteiger partial charge in [-0.2, -0.15) is 0 Å². The topological polar surface area (TPSA) is 17.1 Å². The number of rotatable bonds is 0. The van der Waals surface area contributed by atoms with Crippen LogP contribution in [0.3, 0.4) is 0 Å². The maximum Gasteiger partial charge on any atom is 0.0148 e. The fourth-order valence-electron chi connectivity index (χ4n) is 0. The molecule has 0 rings (SSSR count). The zero-order valence-electron chi connectivity index (χ0n) is 3.15. The van der Waals surface area contributed by atoms with E-state index in [-0.39, 0.29) is 20.1 Å². The molecule has 35 valence electrons. The van der Waals surface area contributed by atoms with Crippen molar-refractivity contribution in [2.45, 2.75) is 0 Å². The fourth-order valence-corrected chi connectivity index (χ4v) is 0. The maximum atomic E-state index is 9.56. The molecule has 0 aromatic heterocycles. The van der Waals surface area contributed by atoms with Crippen LogP contribution in [0.4, 0.5) is 0 Å². The summed E-state index contributed by atoms with van der Waals surface area (Å²) in [5.41, 5.74) is 0. The van der Waals surface area contributed by atoms with Crippen LogP contribution in [0.15, 0.2) is 0 Å². The summed E-state index contributed by atoms with van der Waals surface area (Å²) >= 11 is 0. The van der Waals surface area contributed by atoms with Crippen LogP contribution in [0, 0.1) is 0 Å². The Labute approximate surface area is 48.0 Å². The molecule has 0 unspecified atom stereocenters. The molecule has 5 heavy (non-hydrogen) atoms. The van der Waals surface area contributed by atoms with E-state index in [9.17, 15) is 4.21 Å². The molecule has 0 saturated carbocycles. The second-order valence-electron chi connectivity index (χ2n) is 0.742. The summed E-state index contributed by atoms with van der Waals surface area (Å²) in [5, 5.41) is 0. The van der Waals surface area contributed by atoms with E-state index >= 15 is 0 Å². The van der Waals surface area contributed by atoms with Gasteiger partial charge in [0.1, 0.15) is 0 Å². The SMILES string of the molecule is CS(C)=O.[Ir]. The van der Waals surface area contributed by atoms with Gasteiger partial charge in [0.25, 0.3) is 0 Å². The first-order chi connectivity index (χ1) is 1.73. The Bertz CT molecular complexity index is 32.6. The van der Waals surface area contributed by atoms with Gasteiger partial charge in [-0.05, 0) is 0 Å². The van der Waals surface area contributed by atoms with Crippen molar-refractivity contribution < 1.29 is 24.3 Å². The summed E-state index contributed by atoms with van der Waals surface area (Å²) in [6, 6.07) is 0. The van der Waals surface area contributed by atoms with Gasteiger partial charge < -0.3 is 0 Å². The summed E-state index contributed by atoms with van der Waals surface area (Å²) in [6.07, 6.45) is 3.28. The molecule has 0 aromatic rings. The molecule has 0 heterocycles. The maximum absolute atomic E-state index is 9.56. The molecule has 0 aromatic carbocycles. The van der Waals surface area contributed by atoms with Crippen LogP contribution in [-0.2, 0) is 30.9 Å². The van der Waals surface area contributed by atoms with Gasteiger partial charge in [-0.1, -0.05) is 0 Å².